The lowest BCUT2D eigenvalue weighted by atomic mass is 10.1. The van der Waals surface area contributed by atoms with Crippen LogP contribution in [0.5, 0.6) is 11.6 Å². The van der Waals surface area contributed by atoms with Gasteiger partial charge in [0.2, 0.25) is 5.88 Å². The third-order valence-corrected chi connectivity index (χ3v) is 4.68. The number of methoxy groups -OCH3 is 1. The Morgan fingerprint density at radius 3 is 3.00 bits per heavy atom. The summed E-state index contributed by atoms with van der Waals surface area (Å²) < 4.78 is 16.4. The molecule has 1 fully saturated rings. The highest BCUT2D eigenvalue weighted by molar-refractivity contribution is 5.97. The van der Waals surface area contributed by atoms with Crippen LogP contribution in [0, 0.1) is 0 Å². The summed E-state index contributed by atoms with van der Waals surface area (Å²) in [7, 11) is 1.50. The fourth-order valence-electron chi connectivity index (χ4n) is 3.34. The van der Waals surface area contributed by atoms with Gasteiger partial charge >= 0.3 is 5.63 Å². The lowest BCUT2D eigenvalue weighted by molar-refractivity contribution is 0.0524. The Morgan fingerprint density at radius 1 is 1.32 bits per heavy atom. The molecule has 1 aromatic carbocycles. The summed E-state index contributed by atoms with van der Waals surface area (Å²) in [6.45, 7) is 0.927. The summed E-state index contributed by atoms with van der Waals surface area (Å²) in [5.41, 5.74) is -0.348. The molecular weight excluding hydrogens is 362 g/mol. The second kappa shape index (κ2) is 7.67. The zero-order valence-corrected chi connectivity index (χ0v) is 15.3. The smallest absolute Gasteiger partial charge is 0.349 e. The number of hydrogen-bond acceptors (Lipinski definition) is 7. The molecule has 0 aliphatic carbocycles. The molecule has 1 amide bonds. The van der Waals surface area contributed by atoms with Crippen molar-refractivity contribution >= 4 is 16.9 Å². The minimum Gasteiger partial charge on any atom is -0.493 e. The Balaban J connectivity index is 1.57. The summed E-state index contributed by atoms with van der Waals surface area (Å²) in [6, 6.07) is 8.48. The molecule has 1 atom stereocenters. The number of fused-ring (bicyclic) bond motifs is 1. The van der Waals surface area contributed by atoms with Crippen LogP contribution in [0.3, 0.4) is 0 Å². The van der Waals surface area contributed by atoms with Crippen LogP contribution in [0.4, 0.5) is 0 Å². The number of carbonyl (C=O) groups excluding carboxylic acids is 1. The van der Waals surface area contributed by atoms with Crippen LogP contribution < -0.4 is 15.1 Å². The second-order valence-corrected chi connectivity index (χ2v) is 6.51. The zero-order chi connectivity index (χ0) is 19.5. The zero-order valence-electron chi connectivity index (χ0n) is 15.3. The van der Waals surface area contributed by atoms with E-state index >= 15 is 0 Å². The highest BCUT2D eigenvalue weighted by atomic mass is 16.5. The van der Waals surface area contributed by atoms with Crippen LogP contribution in [0.1, 0.15) is 23.2 Å². The number of piperidine rings is 1. The van der Waals surface area contributed by atoms with Gasteiger partial charge in [-0.1, -0.05) is 12.1 Å². The molecule has 3 aromatic rings. The molecule has 0 N–H and O–H groups in total. The minimum absolute atomic E-state index is 0.00318. The summed E-state index contributed by atoms with van der Waals surface area (Å²) in [5.74, 6) is 0.547. The third kappa shape index (κ3) is 3.53. The van der Waals surface area contributed by atoms with Crippen molar-refractivity contribution in [2.24, 2.45) is 0 Å². The first kappa shape index (κ1) is 18.0. The van der Waals surface area contributed by atoms with Gasteiger partial charge in [-0.05, 0) is 25.0 Å². The Labute approximate surface area is 160 Å². The van der Waals surface area contributed by atoms with E-state index in [-0.39, 0.29) is 17.6 Å². The van der Waals surface area contributed by atoms with Crippen molar-refractivity contribution in [1.29, 1.82) is 0 Å². The van der Waals surface area contributed by atoms with Gasteiger partial charge in [0.05, 0.1) is 13.7 Å². The standard InChI is InChI=1S/C20H19N3O5/c1-26-16-6-2-4-13-10-15(20(25)28-18(13)16)19(24)23-9-3-5-14(11-23)27-17-7-8-21-12-22-17/h2,4,6-8,10,12,14H,3,5,9,11H2,1H3. The summed E-state index contributed by atoms with van der Waals surface area (Å²) in [4.78, 5) is 34.9. The molecule has 4 rings (SSSR count). The van der Waals surface area contributed by atoms with Crippen LogP contribution in [0.15, 0.2) is 52.1 Å². The van der Waals surface area contributed by atoms with E-state index in [0.717, 1.165) is 12.8 Å². The molecule has 144 valence electrons. The first-order valence-corrected chi connectivity index (χ1v) is 8.98. The monoisotopic (exact) mass is 381 g/mol. The van der Waals surface area contributed by atoms with Gasteiger partial charge in [0.25, 0.3) is 5.91 Å². The predicted molar refractivity (Wildman–Crippen MR) is 101 cm³/mol. The number of ether oxygens (including phenoxy) is 2. The van der Waals surface area contributed by atoms with Crippen LogP contribution in [0.25, 0.3) is 11.0 Å². The number of para-hydroxylation sites is 1. The molecule has 0 saturated carbocycles. The number of amides is 1. The molecule has 0 radical (unpaired) electrons. The highest BCUT2D eigenvalue weighted by Gasteiger charge is 2.28. The Bertz CT molecular complexity index is 1050. The maximum absolute atomic E-state index is 13.0. The maximum atomic E-state index is 13.0. The van der Waals surface area contributed by atoms with Gasteiger partial charge in [-0.3, -0.25) is 4.79 Å². The lowest BCUT2D eigenvalue weighted by Crippen LogP contribution is -2.45. The molecule has 0 bridgehead atoms. The van der Waals surface area contributed by atoms with Gasteiger partial charge < -0.3 is 18.8 Å². The largest absolute Gasteiger partial charge is 0.493 e. The van der Waals surface area contributed by atoms with Crippen LogP contribution in [0.2, 0.25) is 0 Å². The van der Waals surface area contributed by atoms with Crippen molar-refractivity contribution < 1.29 is 18.7 Å². The number of benzene rings is 1. The van der Waals surface area contributed by atoms with Gasteiger partial charge in [0.15, 0.2) is 11.3 Å². The molecule has 3 heterocycles. The Kier molecular flexibility index (Phi) is 4.92. The number of hydrogen-bond donors (Lipinski definition) is 0. The lowest BCUT2D eigenvalue weighted by Gasteiger charge is -2.32. The van der Waals surface area contributed by atoms with Gasteiger partial charge in [0.1, 0.15) is 18.0 Å². The molecule has 1 unspecified atom stereocenters. The van der Waals surface area contributed by atoms with Crippen molar-refractivity contribution in [3.8, 4) is 11.6 Å². The van der Waals surface area contributed by atoms with E-state index in [9.17, 15) is 9.59 Å². The van der Waals surface area contributed by atoms with Gasteiger partial charge in [-0.25, -0.2) is 14.8 Å². The van der Waals surface area contributed by atoms with E-state index in [1.807, 2.05) is 0 Å². The number of aromatic nitrogens is 2. The Morgan fingerprint density at radius 2 is 2.21 bits per heavy atom. The van der Waals surface area contributed by atoms with E-state index in [4.69, 9.17) is 13.9 Å². The van der Waals surface area contributed by atoms with Crippen molar-refractivity contribution in [1.82, 2.24) is 14.9 Å². The molecule has 1 aliphatic heterocycles. The average molecular weight is 381 g/mol. The number of carbonyl (C=O) groups is 1. The van der Waals surface area contributed by atoms with Crippen molar-refractivity contribution in [2.75, 3.05) is 20.2 Å². The molecular formula is C20H19N3O5. The molecule has 0 spiro atoms. The van der Waals surface area contributed by atoms with Gasteiger partial charge in [0, 0.05) is 24.2 Å². The van der Waals surface area contributed by atoms with E-state index in [1.165, 1.54) is 13.4 Å². The normalized spacial score (nSPS) is 16.8. The SMILES string of the molecule is COc1cccc2cc(C(=O)N3CCCC(Oc4ccncn4)C3)c(=O)oc12. The topological polar surface area (TPSA) is 94.8 Å². The van der Waals surface area contributed by atoms with Crippen molar-refractivity contribution in [3.63, 3.8) is 0 Å². The predicted octanol–water partition coefficient (Wildman–Crippen LogP) is 2.28. The van der Waals surface area contributed by atoms with Crippen LogP contribution >= 0.6 is 0 Å². The van der Waals surface area contributed by atoms with Crippen molar-refractivity contribution in [3.05, 3.63) is 58.8 Å². The van der Waals surface area contributed by atoms with Crippen molar-refractivity contribution in [2.45, 2.75) is 18.9 Å². The third-order valence-electron chi connectivity index (χ3n) is 4.68. The van der Waals surface area contributed by atoms with Gasteiger partial charge in [-0.15, -0.1) is 0 Å². The summed E-state index contributed by atoms with van der Waals surface area (Å²) >= 11 is 0. The number of nitrogens with zero attached hydrogens (tertiary/aromatic N) is 3. The summed E-state index contributed by atoms with van der Waals surface area (Å²) in [5, 5.41) is 0.632. The fourth-order valence-corrected chi connectivity index (χ4v) is 3.34. The molecule has 2 aromatic heterocycles. The number of likely N-dealkylation sites (tertiary alicyclic amines) is 1. The average Bonchev–Trinajstić information content (AvgIpc) is 2.73. The van der Waals surface area contributed by atoms with E-state index in [0.29, 0.717) is 35.7 Å². The van der Waals surface area contributed by atoms with Crippen LogP contribution in [-0.4, -0.2) is 47.1 Å². The molecule has 1 saturated heterocycles. The van der Waals surface area contributed by atoms with E-state index in [2.05, 4.69) is 9.97 Å². The first-order valence-electron chi connectivity index (χ1n) is 8.98. The molecule has 28 heavy (non-hydrogen) atoms. The molecule has 1 aliphatic rings. The first-order chi connectivity index (χ1) is 13.7. The Hall–Kier alpha value is -3.42. The fraction of sp³-hybridized carbons (Fsp3) is 0.300. The highest BCUT2D eigenvalue weighted by Crippen LogP contribution is 2.25. The quantitative estimate of drug-likeness (QED) is 0.640. The van der Waals surface area contributed by atoms with E-state index in [1.54, 1.807) is 41.4 Å². The second-order valence-electron chi connectivity index (χ2n) is 6.51. The minimum atomic E-state index is -0.680. The molecule has 8 heteroatoms. The maximum Gasteiger partial charge on any atom is 0.349 e. The number of rotatable bonds is 4. The van der Waals surface area contributed by atoms with E-state index < -0.39 is 5.63 Å². The summed E-state index contributed by atoms with van der Waals surface area (Å²) in [6.07, 6.45) is 4.39. The molecule has 8 nitrogen and oxygen atoms in total. The van der Waals surface area contributed by atoms with Gasteiger partial charge in [-0.2, -0.15) is 0 Å². The van der Waals surface area contributed by atoms with Crippen LogP contribution in [-0.2, 0) is 0 Å².